The number of fused-ring (bicyclic) bond motifs is 1. The van der Waals surface area contributed by atoms with Gasteiger partial charge < -0.3 is 0 Å². The standard InChI is InChI=1S/C16H30N2/c1-12-6-7-16(13(2)9-12)18-11-15-5-4-8-17(15)10-14(18)3/h12-16H,4-11H2,1-3H3. The molecule has 0 aromatic rings. The van der Waals surface area contributed by atoms with E-state index in [0.29, 0.717) is 0 Å². The Labute approximate surface area is 113 Å². The van der Waals surface area contributed by atoms with Crippen molar-refractivity contribution in [3.05, 3.63) is 0 Å². The minimum atomic E-state index is 0.778. The van der Waals surface area contributed by atoms with Crippen molar-refractivity contribution in [2.75, 3.05) is 19.6 Å². The molecule has 3 rings (SSSR count). The Morgan fingerprint density at radius 1 is 0.944 bits per heavy atom. The Kier molecular flexibility index (Phi) is 3.68. The third kappa shape index (κ3) is 2.34. The van der Waals surface area contributed by atoms with Gasteiger partial charge in [0.1, 0.15) is 0 Å². The van der Waals surface area contributed by atoms with Crippen molar-refractivity contribution in [2.45, 2.75) is 71.0 Å². The van der Waals surface area contributed by atoms with Crippen LogP contribution in [0.2, 0.25) is 0 Å². The van der Waals surface area contributed by atoms with Crippen LogP contribution in [0.3, 0.4) is 0 Å². The molecule has 5 atom stereocenters. The molecule has 3 fully saturated rings. The van der Waals surface area contributed by atoms with Gasteiger partial charge >= 0.3 is 0 Å². The highest BCUT2D eigenvalue weighted by Crippen LogP contribution is 2.35. The maximum Gasteiger partial charge on any atom is 0.0224 e. The molecular formula is C16H30N2. The normalized spacial score (nSPS) is 47.2. The van der Waals surface area contributed by atoms with E-state index in [1.807, 2.05) is 0 Å². The molecule has 1 saturated carbocycles. The first kappa shape index (κ1) is 12.9. The van der Waals surface area contributed by atoms with Gasteiger partial charge in [0, 0.05) is 31.2 Å². The third-order valence-electron chi connectivity index (χ3n) is 5.80. The zero-order valence-electron chi connectivity index (χ0n) is 12.4. The predicted octanol–water partition coefficient (Wildman–Crippen LogP) is 2.98. The highest BCUT2D eigenvalue weighted by molar-refractivity contribution is 4.95. The molecule has 5 unspecified atom stereocenters. The zero-order chi connectivity index (χ0) is 12.7. The van der Waals surface area contributed by atoms with E-state index in [1.54, 1.807) is 0 Å². The molecule has 0 aromatic heterocycles. The van der Waals surface area contributed by atoms with Gasteiger partial charge in [-0.2, -0.15) is 0 Å². The quantitative estimate of drug-likeness (QED) is 0.706. The van der Waals surface area contributed by atoms with E-state index in [4.69, 9.17) is 0 Å². The lowest BCUT2D eigenvalue weighted by molar-refractivity contribution is -0.00775. The summed E-state index contributed by atoms with van der Waals surface area (Å²) in [6.07, 6.45) is 7.22. The Bertz CT molecular complexity index is 291. The second-order valence-corrected chi connectivity index (χ2v) is 7.30. The smallest absolute Gasteiger partial charge is 0.0224 e. The summed E-state index contributed by atoms with van der Waals surface area (Å²) < 4.78 is 0. The maximum atomic E-state index is 2.88. The molecule has 3 aliphatic rings. The van der Waals surface area contributed by atoms with E-state index in [0.717, 1.165) is 30.0 Å². The monoisotopic (exact) mass is 250 g/mol. The summed E-state index contributed by atoms with van der Waals surface area (Å²) >= 11 is 0. The SMILES string of the molecule is CC1CCC(N2CC3CCCN3CC2C)C(C)C1. The van der Waals surface area contributed by atoms with Gasteiger partial charge in [0.25, 0.3) is 0 Å². The molecule has 0 aromatic carbocycles. The van der Waals surface area contributed by atoms with Gasteiger partial charge in [-0.1, -0.05) is 13.8 Å². The Balaban J connectivity index is 1.67. The van der Waals surface area contributed by atoms with E-state index in [9.17, 15) is 0 Å². The first-order valence-corrected chi connectivity index (χ1v) is 8.15. The van der Waals surface area contributed by atoms with Crippen LogP contribution in [0.15, 0.2) is 0 Å². The van der Waals surface area contributed by atoms with E-state index >= 15 is 0 Å². The van der Waals surface area contributed by atoms with Crippen molar-refractivity contribution in [3.63, 3.8) is 0 Å². The highest BCUT2D eigenvalue weighted by atomic mass is 15.3. The summed E-state index contributed by atoms with van der Waals surface area (Å²) in [6, 6.07) is 2.53. The number of nitrogens with zero attached hydrogens (tertiary/aromatic N) is 2. The molecule has 0 amide bonds. The summed E-state index contributed by atoms with van der Waals surface area (Å²) in [5, 5.41) is 0. The Morgan fingerprint density at radius 3 is 2.56 bits per heavy atom. The van der Waals surface area contributed by atoms with Gasteiger partial charge in [0.05, 0.1) is 0 Å². The third-order valence-corrected chi connectivity index (χ3v) is 5.80. The lowest BCUT2D eigenvalue weighted by Crippen LogP contribution is -2.59. The van der Waals surface area contributed by atoms with Crippen LogP contribution < -0.4 is 0 Å². The van der Waals surface area contributed by atoms with Crippen LogP contribution >= 0.6 is 0 Å². The highest BCUT2D eigenvalue weighted by Gasteiger charge is 2.39. The predicted molar refractivity (Wildman–Crippen MR) is 76.7 cm³/mol. The fourth-order valence-electron chi connectivity index (χ4n) is 4.81. The van der Waals surface area contributed by atoms with Crippen LogP contribution in [0.4, 0.5) is 0 Å². The fourth-order valence-corrected chi connectivity index (χ4v) is 4.81. The number of piperazine rings is 1. The average Bonchev–Trinajstić information content (AvgIpc) is 2.75. The largest absolute Gasteiger partial charge is 0.298 e. The van der Waals surface area contributed by atoms with Crippen molar-refractivity contribution in [2.24, 2.45) is 11.8 Å². The molecule has 2 aliphatic heterocycles. The summed E-state index contributed by atoms with van der Waals surface area (Å²) in [5.74, 6) is 1.86. The van der Waals surface area contributed by atoms with Crippen LogP contribution in [0.5, 0.6) is 0 Å². The molecule has 2 heteroatoms. The molecule has 2 heterocycles. The number of hydrogen-bond donors (Lipinski definition) is 0. The molecule has 18 heavy (non-hydrogen) atoms. The fraction of sp³-hybridized carbons (Fsp3) is 1.00. The van der Waals surface area contributed by atoms with Gasteiger partial charge in [0.2, 0.25) is 0 Å². The van der Waals surface area contributed by atoms with Crippen molar-refractivity contribution >= 4 is 0 Å². The molecule has 2 saturated heterocycles. The minimum Gasteiger partial charge on any atom is -0.298 e. The molecule has 104 valence electrons. The number of hydrogen-bond acceptors (Lipinski definition) is 2. The second kappa shape index (κ2) is 5.13. The van der Waals surface area contributed by atoms with Crippen LogP contribution in [-0.2, 0) is 0 Å². The van der Waals surface area contributed by atoms with Gasteiger partial charge in [-0.15, -0.1) is 0 Å². The molecule has 0 radical (unpaired) electrons. The summed E-state index contributed by atoms with van der Waals surface area (Å²) in [5.41, 5.74) is 0. The molecule has 0 N–H and O–H groups in total. The zero-order valence-corrected chi connectivity index (χ0v) is 12.4. The van der Waals surface area contributed by atoms with Crippen LogP contribution in [-0.4, -0.2) is 47.6 Å². The summed E-state index contributed by atoms with van der Waals surface area (Å²) in [6.45, 7) is 11.4. The van der Waals surface area contributed by atoms with E-state index in [2.05, 4.69) is 30.6 Å². The Morgan fingerprint density at radius 2 is 1.78 bits per heavy atom. The van der Waals surface area contributed by atoms with E-state index in [-0.39, 0.29) is 0 Å². The first-order valence-electron chi connectivity index (χ1n) is 8.15. The average molecular weight is 250 g/mol. The minimum absolute atomic E-state index is 0.778. The molecule has 2 nitrogen and oxygen atoms in total. The lowest BCUT2D eigenvalue weighted by atomic mass is 9.78. The summed E-state index contributed by atoms with van der Waals surface area (Å²) in [4.78, 5) is 5.63. The lowest BCUT2D eigenvalue weighted by Gasteiger charge is -2.49. The van der Waals surface area contributed by atoms with Crippen molar-refractivity contribution in [1.82, 2.24) is 9.80 Å². The molecule has 1 aliphatic carbocycles. The van der Waals surface area contributed by atoms with Crippen LogP contribution in [0.25, 0.3) is 0 Å². The van der Waals surface area contributed by atoms with Crippen LogP contribution in [0.1, 0.15) is 52.9 Å². The second-order valence-electron chi connectivity index (χ2n) is 7.30. The topological polar surface area (TPSA) is 6.48 Å². The summed E-state index contributed by atoms with van der Waals surface area (Å²) in [7, 11) is 0. The maximum absolute atomic E-state index is 2.88. The van der Waals surface area contributed by atoms with Gasteiger partial charge in [-0.3, -0.25) is 9.80 Å². The van der Waals surface area contributed by atoms with Crippen molar-refractivity contribution in [3.8, 4) is 0 Å². The van der Waals surface area contributed by atoms with E-state index < -0.39 is 0 Å². The molecule has 0 bridgehead atoms. The van der Waals surface area contributed by atoms with Crippen molar-refractivity contribution < 1.29 is 0 Å². The molecule has 0 spiro atoms. The van der Waals surface area contributed by atoms with Gasteiger partial charge in [-0.25, -0.2) is 0 Å². The van der Waals surface area contributed by atoms with Crippen LogP contribution in [0, 0.1) is 11.8 Å². The number of rotatable bonds is 1. The van der Waals surface area contributed by atoms with Crippen molar-refractivity contribution in [1.29, 1.82) is 0 Å². The first-order chi connectivity index (χ1) is 8.65. The Hall–Kier alpha value is -0.0800. The van der Waals surface area contributed by atoms with E-state index in [1.165, 1.54) is 51.7 Å². The molecular weight excluding hydrogens is 220 g/mol. The van der Waals surface area contributed by atoms with Gasteiger partial charge in [0.15, 0.2) is 0 Å². The van der Waals surface area contributed by atoms with Gasteiger partial charge in [-0.05, 0) is 57.4 Å².